The SMILES string of the molecule is NCc1ccc2c(c1)C1(CCN(C(=O)c3ccc(-c4ccccc4)o3)CC1)CN2S(N)(=O)=O. The Morgan fingerprint density at radius 2 is 1.76 bits per heavy atom. The fraction of sp³-hybridized carbons (Fsp3) is 0.292. The molecule has 0 aliphatic carbocycles. The smallest absolute Gasteiger partial charge is 0.299 e. The summed E-state index contributed by atoms with van der Waals surface area (Å²) in [6.07, 6.45) is 1.25. The number of furan rings is 1. The number of carbonyl (C=O) groups is 1. The Morgan fingerprint density at radius 3 is 2.42 bits per heavy atom. The van der Waals surface area contributed by atoms with Crippen LogP contribution >= 0.6 is 0 Å². The Morgan fingerprint density at radius 1 is 1.03 bits per heavy atom. The zero-order valence-corrected chi connectivity index (χ0v) is 18.9. The van der Waals surface area contributed by atoms with Crippen LogP contribution in [0.2, 0.25) is 0 Å². The summed E-state index contributed by atoms with van der Waals surface area (Å²) >= 11 is 0. The lowest BCUT2D eigenvalue weighted by atomic mass is 9.74. The molecule has 9 heteroatoms. The Balaban J connectivity index is 1.37. The van der Waals surface area contributed by atoms with E-state index in [0.29, 0.717) is 49.7 Å². The van der Waals surface area contributed by atoms with Crippen molar-refractivity contribution < 1.29 is 17.6 Å². The van der Waals surface area contributed by atoms with Gasteiger partial charge in [-0.05, 0) is 42.2 Å². The molecular weight excluding hydrogens is 440 g/mol. The molecule has 1 amide bonds. The van der Waals surface area contributed by atoms with Gasteiger partial charge in [-0.1, -0.05) is 42.5 Å². The number of hydrogen-bond donors (Lipinski definition) is 2. The molecule has 0 saturated carbocycles. The van der Waals surface area contributed by atoms with Gasteiger partial charge < -0.3 is 15.1 Å². The minimum Gasteiger partial charge on any atom is -0.451 e. The third-order valence-electron chi connectivity index (χ3n) is 6.77. The molecule has 3 aromatic rings. The monoisotopic (exact) mass is 466 g/mol. The highest BCUT2D eigenvalue weighted by Gasteiger charge is 2.48. The first-order valence-corrected chi connectivity index (χ1v) is 12.4. The molecule has 1 saturated heterocycles. The quantitative estimate of drug-likeness (QED) is 0.612. The third kappa shape index (κ3) is 3.82. The molecule has 0 atom stereocenters. The third-order valence-corrected chi connectivity index (χ3v) is 7.71. The van der Waals surface area contributed by atoms with Gasteiger partial charge >= 0.3 is 0 Å². The zero-order chi connectivity index (χ0) is 23.2. The maximum absolute atomic E-state index is 13.1. The van der Waals surface area contributed by atoms with Gasteiger partial charge in [0.1, 0.15) is 5.76 Å². The molecule has 5 rings (SSSR count). The number of amides is 1. The van der Waals surface area contributed by atoms with Crippen molar-refractivity contribution in [1.29, 1.82) is 0 Å². The summed E-state index contributed by atoms with van der Waals surface area (Å²) in [4.78, 5) is 14.9. The van der Waals surface area contributed by atoms with E-state index in [9.17, 15) is 13.2 Å². The first-order chi connectivity index (χ1) is 15.8. The van der Waals surface area contributed by atoms with Crippen LogP contribution in [0.3, 0.4) is 0 Å². The van der Waals surface area contributed by atoms with Crippen LogP contribution in [0, 0.1) is 0 Å². The lowest BCUT2D eigenvalue weighted by molar-refractivity contribution is 0.0644. The molecule has 172 valence electrons. The molecule has 2 aliphatic heterocycles. The van der Waals surface area contributed by atoms with Gasteiger partial charge in [0.25, 0.3) is 16.1 Å². The Kier molecular flexibility index (Phi) is 5.27. The van der Waals surface area contributed by atoms with Crippen LogP contribution in [0.15, 0.2) is 65.1 Å². The molecule has 8 nitrogen and oxygen atoms in total. The fourth-order valence-corrected chi connectivity index (χ4v) is 5.82. The predicted molar refractivity (Wildman–Crippen MR) is 126 cm³/mol. The highest BCUT2D eigenvalue weighted by atomic mass is 32.2. The minimum atomic E-state index is -3.90. The molecule has 1 spiro atoms. The molecular formula is C24H26N4O4S. The number of piperidine rings is 1. The minimum absolute atomic E-state index is 0.163. The standard InChI is InChI=1S/C24H26N4O4S/c25-15-17-6-7-20-19(14-17)24(16-28(20)33(26,30)31)10-12-27(13-11-24)23(29)22-9-8-21(32-22)18-4-2-1-3-5-18/h1-9,14H,10-13,15-16,25H2,(H2,26,30,31). The summed E-state index contributed by atoms with van der Waals surface area (Å²) < 4.78 is 31.6. The van der Waals surface area contributed by atoms with E-state index in [2.05, 4.69) is 0 Å². The Hall–Kier alpha value is -3.14. The molecule has 2 aromatic carbocycles. The largest absolute Gasteiger partial charge is 0.451 e. The number of nitrogens with zero attached hydrogens (tertiary/aromatic N) is 2. The van der Waals surface area contributed by atoms with Gasteiger partial charge in [-0.3, -0.25) is 9.10 Å². The van der Waals surface area contributed by atoms with Crippen molar-refractivity contribution in [2.75, 3.05) is 23.9 Å². The van der Waals surface area contributed by atoms with Gasteiger partial charge in [0, 0.05) is 37.2 Å². The van der Waals surface area contributed by atoms with Crippen molar-refractivity contribution in [2.24, 2.45) is 10.9 Å². The van der Waals surface area contributed by atoms with Crippen LogP contribution in [0.4, 0.5) is 5.69 Å². The van der Waals surface area contributed by atoms with Gasteiger partial charge in [-0.2, -0.15) is 8.42 Å². The topological polar surface area (TPSA) is 123 Å². The summed E-state index contributed by atoms with van der Waals surface area (Å²) in [6, 6.07) is 18.7. The molecule has 0 radical (unpaired) electrons. The van der Waals surface area contributed by atoms with Crippen molar-refractivity contribution in [3.05, 3.63) is 77.6 Å². The van der Waals surface area contributed by atoms with Crippen LogP contribution < -0.4 is 15.2 Å². The van der Waals surface area contributed by atoms with Crippen LogP contribution in [0.1, 0.15) is 34.5 Å². The van der Waals surface area contributed by atoms with E-state index < -0.39 is 15.6 Å². The number of fused-ring (bicyclic) bond motifs is 2. The normalized spacial score (nSPS) is 17.4. The van der Waals surface area contributed by atoms with E-state index in [1.165, 1.54) is 4.31 Å². The van der Waals surface area contributed by atoms with Gasteiger partial charge in [-0.15, -0.1) is 0 Å². The molecule has 1 aromatic heterocycles. The summed E-state index contributed by atoms with van der Waals surface area (Å²) in [7, 11) is -3.90. The maximum atomic E-state index is 13.1. The first kappa shape index (κ1) is 21.7. The van der Waals surface area contributed by atoms with Crippen molar-refractivity contribution >= 4 is 21.8 Å². The highest BCUT2D eigenvalue weighted by Crippen LogP contribution is 2.48. The molecule has 1 fully saturated rings. The zero-order valence-electron chi connectivity index (χ0n) is 18.1. The van der Waals surface area contributed by atoms with E-state index in [0.717, 1.165) is 16.7 Å². The number of carbonyl (C=O) groups excluding carboxylic acids is 1. The lowest BCUT2D eigenvalue weighted by Gasteiger charge is -2.39. The van der Waals surface area contributed by atoms with Crippen LogP contribution in [0.5, 0.6) is 0 Å². The molecule has 3 heterocycles. The van der Waals surface area contributed by atoms with Gasteiger partial charge in [0.15, 0.2) is 5.76 Å². The second-order valence-corrected chi connectivity index (χ2v) is 10.2. The van der Waals surface area contributed by atoms with Crippen molar-refractivity contribution in [3.8, 4) is 11.3 Å². The molecule has 2 aliphatic rings. The number of hydrogen-bond acceptors (Lipinski definition) is 5. The highest BCUT2D eigenvalue weighted by molar-refractivity contribution is 7.90. The molecule has 4 N–H and O–H groups in total. The Labute approximate surface area is 193 Å². The van der Waals surface area contributed by atoms with E-state index in [4.69, 9.17) is 15.3 Å². The number of benzene rings is 2. The van der Waals surface area contributed by atoms with E-state index in [1.54, 1.807) is 23.1 Å². The lowest BCUT2D eigenvalue weighted by Crippen LogP contribution is -2.48. The molecule has 33 heavy (non-hydrogen) atoms. The maximum Gasteiger partial charge on any atom is 0.299 e. The van der Waals surface area contributed by atoms with Gasteiger partial charge in [0.2, 0.25) is 0 Å². The van der Waals surface area contributed by atoms with Crippen molar-refractivity contribution in [1.82, 2.24) is 4.90 Å². The average Bonchev–Trinajstić information content (AvgIpc) is 3.44. The van der Waals surface area contributed by atoms with Crippen LogP contribution in [-0.2, 0) is 22.2 Å². The van der Waals surface area contributed by atoms with Crippen molar-refractivity contribution in [2.45, 2.75) is 24.8 Å². The van der Waals surface area contributed by atoms with Crippen LogP contribution in [-0.4, -0.2) is 38.9 Å². The van der Waals surface area contributed by atoms with E-state index in [-0.39, 0.29) is 12.5 Å². The van der Waals surface area contributed by atoms with Crippen molar-refractivity contribution in [3.63, 3.8) is 0 Å². The summed E-state index contributed by atoms with van der Waals surface area (Å²) in [5.74, 6) is 0.785. The summed E-state index contributed by atoms with van der Waals surface area (Å²) in [5.41, 5.74) is 8.83. The summed E-state index contributed by atoms with van der Waals surface area (Å²) in [5, 5.41) is 5.51. The van der Waals surface area contributed by atoms with E-state index >= 15 is 0 Å². The number of anilines is 1. The van der Waals surface area contributed by atoms with Gasteiger partial charge in [0.05, 0.1) is 5.69 Å². The number of likely N-dealkylation sites (tertiary alicyclic amines) is 1. The second-order valence-electron chi connectivity index (χ2n) is 8.71. The Bertz CT molecular complexity index is 1300. The fourth-order valence-electron chi connectivity index (χ4n) is 4.96. The number of nitrogens with two attached hydrogens (primary N) is 2. The molecule has 0 bridgehead atoms. The first-order valence-electron chi connectivity index (χ1n) is 10.9. The van der Waals surface area contributed by atoms with Crippen LogP contribution in [0.25, 0.3) is 11.3 Å². The second kappa shape index (κ2) is 8.02. The predicted octanol–water partition coefficient (Wildman–Crippen LogP) is 2.60. The average molecular weight is 467 g/mol. The molecule has 0 unspecified atom stereocenters. The van der Waals surface area contributed by atoms with E-state index in [1.807, 2.05) is 42.5 Å². The van der Waals surface area contributed by atoms with Gasteiger partial charge in [-0.25, -0.2) is 5.14 Å². The summed E-state index contributed by atoms with van der Waals surface area (Å²) in [6.45, 7) is 1.62. The number of rotatable bonds is 4.